The second-order valence-corrected chi connectivity index (χ2v) is 11.1. The van der Waals surface area contributed by atoms with Crippen molar-refractivity contribution in [1.29, 1.82) is 0 Å². The minimum Gasteiger partial charge on any atom is -0.508 e. The Kier molecular flexibility index (Phi) is 8.07. The molecule has 0 saturated carbocycles. The summed E-state index contributed by atoms with van der Waals surface area (Å²) in [5, 5.41) is 38.9. The molecule has 2 aliphatic heterocycles. The summed E-state index contributed by atoms with van der Waals surface area (Å²) in [5.41, 5.74) is 3.03. The van der Waals surface area contributed by atoms with Crippen LogP contribution in [-0.4, -0.2) is 78.5 Å². The molecule has 3 heterocycles. The number of benzene rings is 2. The standard InChI is InChI=1S/C30H39N5O4/c1-3-24-17-26(28(38)18-27(24)37)29-31-32-30(39)35(29)25-6-4-21(5-7-25)16-22-8-12-33(13-9-22)19-23-10-14-34(15-11-23)20(2)36/h4-7,17-18,22-23,37-38H,3,8-16,19H2,1-2H3,(H,32,39). The summed E-state index contributed by atoms with van der Waals surface area (Å²) in [6.45, 7) is 8.79. The highest BCUT2D eigenvalue weighted by Crippen LogP contribution is 2.36. The predicted octanol–water partition coefficient (Wildman–Crippen LogP) is 4.13. The van der Waals surface area contributed by atoms with Crippen LogP contribution in [0.2, 0.25) is 0 Å². The quantitative estimate of drug-likeness (QED) is 0.418. The van der Waals surface area contributed by atoms with Gasteiger partial charge in [0.05, 0.1) is 11.3 Å². The lowest BCUT2D eigenvalue weighted by Gasteiger charge is -2.37. The topological polar surface area (TPSA) is 115 Å². The highest BCUT2D eigenvalue weighted by atomic mass is 16.3. The molecule has 0 radical (unpaired) electrons. The fourth-order valence-electron chi connectivity index (χ4n) is 6.06. The number of hydrogen-bond acceptors (Lipinski definition) is 7. The van der Waals surface area contributed by atoms with Crippen LogP contribution in [-0.2, 0) is 17.6 Å². The number of aromatic nitrogens is 3. The van der Waals surface area contributed by atoms with Gasteiger partial charge >= 0.3 is 6.01 Å². The van der Waals surface area contributed by atoms with Crippen molar-refractivity contribution in [3.63, 3.8) is 0 Å². The number of carbonyl (C=O) groups excluding carboxylic acids is 1. The molecule has 9 nitrogen and oxygen atoms in total. The molecule has 2 fully saturated rings. The first-order valence-corrected chi connectivity index (χ1v) is 14.1. The van der Waals surface area contributed by atoms with Gasteiger partial charge in [-0.05, 0) is 92.8 Å². The maximum absolute atomic E-state index is 11.6. The summed E-state index contributed by atoms with van der Waals surface area (Å²) in [6, 6.07) is 10.8. The molecule has 1 amide bonds. The number of rotatable bonds is 7. The van der Waals surface area contributed by atoms with Crippen molar-refractivity contribution in [3.8, 4) is 34.6 Å². The summed E-state index contributed by atoms with van der Waals surface area (Å²) >= 11 is 0. The van der Waals surface area contributed by atoms with E-state index in [-0.39, 0.29) is 23.4 Å². The number of amides is 1. The van der Waals surface area contributed by atoms with E-state index in [4.69, 9.17) is 0 Å². The van der Waals surface area contributed by atoms with Crippen molar-refractivity contribution in [2.45, 2.75) is 52.4 Å². The molecular weight excluding hydrogens is 494 g/mol. The molecular formula is C30H39N5O4. The molecule has 0 atom stereocenters. The zero-order chi connectivity index (χ0) is 27.5. The Bertz CT molecular complexity index is 1290. The predicted molar refractivity (Wildman–Crippen MR) is 149 cm³/mol. The zero-order valence-corrected chi connectivity index (χ0v) is 22.9. The lowest BCUT2D eigenvalue weighted by atomic mass is 9.89. The summed E-state index contributed by atoms with van der Waals surface area (Å²) in [6.07, 6.45) is 6.20. The average Bonchev–Trinajstić information content (AvgIpc) is 3.31. The molecule has 5 rings (SSSR count). The summed E-state index contributed by atoms with van der Waals surface area (Å²) < 4.78 is 1.51. The van der Waals surface area contributed by atoms with Crippen LogP contribution in [0.25, 0.3) is 17.1 Å². The molecule has 0 bridgehead atoms. The van der Waals surface area contributed by atoms with Gasteiger partial charge in [0.25, 0.3) is 0 Å². The van der Waals surface area contributed by atoms with Crippen LogP contribution in [0.3, 0.4) is 0 Å². The smallest absolute Gasteiger partial charge is 0.319 e. The first-order chi connectivity index (χ1) is 18.8. The molecule has 0 spiro atoms. The van der Waals surface area contributed by atoms with Crippen LogP contribution >= 0.6 is 0 Å². The van der Waals surface area contributed by atoms with Crippen LogP contribution in [0.1, 0.15) is 50.7 Å². The molecule has 2 aliphatic rings. The molecule has 1 aromatic heterocycles. The highest BCUT2D eigenvalue weighted by Gasteiger charge is 2.26. The highest BCUT2D eigenvalue weighted by molar-refractivity contribution is 5.73. The van der Waals surface area contributed by atoms with Gasteiger partial charge in [0, 0.05) is 32.6 Å². The molecule has 208 valence electrons. The monoisotopic (exact) mass is 533 g/mol. The van der Waals surface area contributed by atoms with Gasteiger partial charge in [0.1, 0.15) is 11.5 Å². The molecule has 0 aliphatic carbocycles. The minimum atomic E-state index is -0.261. The van der Waals surface area contributed by atoms with Gasteiger partial charge in [-0.25, -0.2) is 4.57 Å². The Morgan fingerprint density at radius 3 is 2.21 bits per heavy atom. The number of hydrogen-bond donors (Lipinski definition) is 3. The van der Waals surface area contributed by atoms with Gasteiger partial charge in [-0.3, -0.25) is 4.79 Å². The van der Waals surface area contributed by atoms with Crippen molar-refractivity contribution < 1.29 is 20.1 Å². The summed E-state index contributed by atoms with van der Waals surface area (Å²) in [5.74, 6) is 1.75. The maximum atomic E-state index is 11.6. The van der Waals surface area contributed by atoms with Crippen LogP contribution < -0.4 is 0 Å². The molecule has 39 heavy (non-hydrogen) atoms. The first kappa shape index (κ1) is 27.0. The third kappa shape index (κ3) is 6.03. The second-order valence-electron chi connectivity index (χ2n) is 11.1. The number of aromatic hydroxyl groups is 3. The Hall–Kier alpha value is -3.59. The summed E-state index contributed by atoms with van der Waals surface area (Å²) in [4.78, 5) is 16.1. The zero-order valence-electron chi connectivity index (χ0n) is 22.9. The number of aryl methyl sites for hydroxylation is 1. The lowest BCUT2D eigenvalue weighted by Crippen LogP contribution is -2.42. The number of phenolic OH excluding ortho intramolecular Hbond substituents is 2. The Balaban J connectivity index is 1.19. The largest absolute Gasteiger partial charge is 0.508 e. The van der Waals surface area contributed by atoms with Crippen molar-refractivity contribution in [2.24, 2.45) is 11.8 Å². The molecule has 2 saturated heterocycles. The number of likely N-dealkylation sites (tertiary alicyclic amines) is 2. The van der Waals surface area contributed by atoms with E-state index in [2.05, 4.69) is 27.2 Å². The maximum Gasteiger partial charge on any atom is 0.319 e. The van der Waals surface area contributed by atoms with Crippen molar-refractivity contribution in [3.05, 3.63) is 47.5 Å². The molecule has 3 N–H and O–H groups in total. The van der Waals surface area contributed by atoms with Crippen LogP contribution in [0.4, 0.5) is 0 Å². The molecule has 0 unspecified atom stereocenters. The summed E-state index contributed by atoms with van der Waals surface area (Å²) in [7, 11) is 0. The third-order valence-corrected chi connectivity index (χ3v) is 8.47. The fourth-order valence-corrected chi connectivity index (χ4v) is 6.06. The lowest BCUT2D eigenvalue weighted by molar-refractivity contribution is -0.130. The Labute approximate surface area is 229 Å². The van der Waals surface area contributed by atoms with E-state index in [9.17, 15) is 20.1 Å². The average molecular weight is 534 g/mol. The normalized spacial score (nSPS) is 17.5. The van der Waals surface area contributed by atoms with Gasteiger partial charge in [0.2, 0.25) is 5.91 Å². The molecule has 3 aromatic rings. The molecule has 2 aromatic carbocycles. The van der Waals surface area contributed by atoms with Crippen LogP contribution in [0.15, 0.2) is 36.4 Å². The molecule has 9 heteroatoms. The van der Waals surface area contributed by atoms with Gasteiger partial charge in [-0.1, -0.05) is 24.2 Å². The Morgan fingerprint density at radius 1 is 0.897 bits per heavy atom. The number of piperidine rings is 2. The van der Waals surface area contributed by atoms with Crippen molar-refractivity contribution in [2.75, 3.05) is 32.7 Å². The van der Waals surface area contributed by atoms with Crippen LogP contribution in [0.5, 0.6) is 17.5 Å². The van der Waals surface area contributed by atoms with Crippen molar-refractivity contribution in [1.82, 2.24) is 24.6 Å². The van der Waals surface area contributed by atoms with E-state index >= 15 is 0 Å². The van der Waals surface area contributed by atoms with E-state index in [1.165, 1.54) is 29.0 Å². The van der Waals surface area contributed by atoms with E-state index in [0.29, 0.717) is 40.9 Å². The number of nitrogens with zero attached hydrogens (tertiary/aromatic N) is 5. The van der Waals surface area contributed by atoms with E-state index in [1.807, 2.05) is 24.0 Å². The van der Waals surface area contributed by atoms with Crippen molar-refractivity contribution >= 4 is 5.91 Å². The van der Waals surface area contributed by atoms with E-state index in [0.717, 1.165) is 52.0 Å². The first-order valence-electron chi connectivity index (χ1n) is 14.1. The van der Waals surface area contributed by atoms with Gasteiger partial charge in [-0.2, -0.15) is 0 Å². The number of carbonyl (C=O) groups is 1. The fraction of sp³-hybridized carbons (Fsp3) is 0.500. The SMILES string of the molecule is CCc1cc(-c2nnc(O)n2-c2ccc(CC3CCN(CC4CCN(C(C)=O)CC4)CC3)cc2)c(O)cc1O. The third-order valence-electron chi connectivity index (χ3n) is 8.47. The van der Waals surface area contributed by atoms with Crippen LogP contribution in [0, 0.1) is 11.8 Å². The second kappa shape index (κ2) is 11.7. The van der Waals surface area contributed by atoms with E-state index < -0.39 is 0 Å². The van der Waals surface area contributed by atoms with Gasteiger partial charge < -0.3 is 25.1 Å². The Morgan fingerprint density at radius 2 is 1.56 bits per heavy atom. The number of phenols is 2. The van der Waals surface area contributed by atoms with Gasteiger partial charge in [-0.15, -0.1) is 5.10 Å². The van der Waals surface area contributed by atoms with Gasteiger partial charge in [0.15, 0.2) is 5.82 Å². The minimum absolute atomic E-state index is 0.0271. The van der Waals surface area contributed by atoms with E-state index in [1.54, 1.807) is 13.0 Å².